The molecule has 0 fully saturated rings. The van der Waals surface area contributed by atoms with E-state index in [1.807, 2.05) is 0 Å². The summed E-state index contributed by atoms with van der Waals surface area (Å²) < 4.78 is 27.8. The predicted molar refractivity (Wildman–Crippen MR) is 37.5 cm³/mol. The number of hydrogen-bond acceptors (Lipinski definition) is 2. The van der Waals surface area contributed by atoms with E-state index < -0.39 is 10.1 Å². The van der Waals surface area contributed by atoms with Gasteiger partial charge in [0.2, 0.25) is 0 Å². The van der Waals surface area contributed by atoms with Crippen LogP contribution in [0.3, 0.4) is 0 Å². The fourth-order valence-corrected chi connectivity index (χ4v) is 0.877. The van der Waals surface area contributed by atoms with Crippen molar-refractivity contribution in [2.45, 2.75) is 0 Å². The van der Waals surface area contributed by atoms with Crippen LogP contribution in [-0.4, -0.2) is 13.0 Å². The first-order valence-electron chi connectivity index (χ1n) is 1.42. The molecule has 1 N–H and O–H groups in total. The van der Waals surface area contributed by atoms with Crippen LogP contribution >= 0.6 is 31.9 Å². The van der Waals surface area contributed by atoms with Gasteiger partial charge in [-0.2, -0.15) is 8.42 Å². The van der Waals surface area contributed by atoms with Crippen LogP contribution < -0.4 is 0 Å². The van der Waals surface area contributed by atoms with E-state index in [1.54, 1.807) is 0 Å². The zero-order chi connectivity index (χ0) is 6.78. The summed E-state index contributed by atoms with van der Waals surface area (Å²) in [6.07, 6.45) is 0. The fourth-order valence-electron chi connectivity index (χ4n) is 0.0563. The minimum Gasteiger partial charge on any atom is -0.281 e. The first kappa shape index (κ1) is 8.61. The largest absolute Gasteiger partial charge is 0.301 e. The van der Waals surface area contributed by atoms with Crippen LogP contribution in [0.5, 0.6) is 0 Å². The van der Waals surface area contributed by atoms with Crippen LogP contribution in [-0.2, 0) is 10.1 Å². The molecule has 48 valence electrons. The van der Waals surface area contributed by atoms with Gasteiger partial charge in [-0.1, -0.05) is 15.9 Å². The lowest BCUT2D eigenvalue weighted by Crippen LogP contribution is -1.93. The molecule has 0 aromatic rings. The zero-order valence-electron chi connectivity index (χ0n) is 3.51. The van der Waals surface area contributed by atoms with Gasteiger partial charge in [0, 0.05) is 4.99 Å². The lowest BCUT2D eigenvalue weighted by Gasteiger charge is -1.86. The Kier molecular flexibility index (Phi) is 3.18. The Bertz CT molecular complexity index is 191. The molecule has 0 heterocycles. The molecule has 0 unspecified atom stereocenters. The summed E-state index contributed by atoms with van der Waals surface area (Å²) in [6, 6.07) is 0. The van der Waals surface area contributed by atoms with Gasteiger partial charge >= 0.3 is 10.1 Å². The quantitative estimate of drug-likeness (QED) is 0.731. The topological polar surface area (TPSA) is 54.4 Å². The van der Waals surface area contributed by atoms with Gasteiger partial charge in [-0.15, -0.1) is 0 Å². The standard InChI is InChI=1S/C2H2Br2O3S/c3-1-2(4)8(5,6)7/h1H,(H,5,6,7). The lowest BCUT2D eigenvalue weighted by molar-refractivity contribution is 0.494. The Balaban J connectivity index is 4.55. The number of hydrogen-bond donors (Lipinski definition) is 1. The van der Waals surface area contributed by atoms with Crippen molar-refractivity contribution in [1.29, 1.82) is 0 Å². The van der Waals surface area contributed by atoms with E-state index in [9.17, 15) is 8.42 Å². The van der Waals surface area contributed by atoms with E-state index in [4.69, 9.17) is 4.55 Å². The Morgan fingerprint density at radius 2 is 2.00 bits per heavy atom. The Hall–Kier alpha value is 0.610. The zero-order valence-corrected chi connectivity index (χ0v) is 7.49. The molecule has 0 amide bonds. The van der Waals surface area contributed by atoms with E-state index in [-0.39, 0.29) is 3.81 Å². The molecule has 0 saturated carbocycles. The molecule has 0 atom stereocenters. The highest BCUT2D eigenvalue weighted by molar-refractivity contribution is 9.15. The molecule has 0 saturated heterocycles. The predicted octanol–water partition coefficient (Wildman–Crippen LogP) is 1.46. The minimum atomic E-state index is -4.02. The van der Waals surface area contributed by atoms with Gasteiger partial charge < -0.3 is 0 Å². The van der Waals surface area contributed by atoms with Crippen LogP contribution in [0.4, 0.5) is 0 Å². The number of rotatable bonds is 1. The van der Waals surface area contributed by atoms with Gasteiger partial charge in [-0.3, -0.25) is 4.55 Å². The maximum atomic E-state index is 9.97. The third-order valence-electron chi connectivity index (χ3n) is 0.332. The highest BCUT2D eigenvalue weighted by Crippen LogP contribution is 2.13. The van der Waals surface area contributed by atoms with Crippen LogP contribution in [0.2, 0.25) is 0 Å². The van der Waals surface area contributed by atoms with Crippen molar-refractivity contribution < 1.29 is 13.0 Å². The van der Waals surface area contributed by atoms with Gasteiger partial charge in [-0.05, 0) is 15.9 Å². The van der Waals surface area contributed by atoms with Gasteiger partial charge in [0.25, 0.3) is 0 Å². The highest BCUT2D eigenvalue weighted by atomic mass is 79.9. The molecule has 0 aliphatic heterocycles. The van der Waals surface area contributed by atoms with E-state index in [1.165, 1.54) is 0 Å². The summed E-state index contributed by atoms with van der Waals surface area (Å²) in [6.45, 7) is 0. The molecule has 0 rings (SSSR count). The smallest absolute Gasteiger partial charge is 0.281 e. The van der Waals surface area contributed by atoms with Gasteiger partial charge in [-0.25, -0.2) is 0 Å². The minimum absolute atomic E-state index is 0.287. The molecule has 3 nitrogen and oxygen atoms in total. The van der Waals surface area contributed by atoms with Crippen molar-refractivity contribution in [3.05, 3.63) is 8.80 Å². The molecule has 0 spiro atoms. The molecule has 6 heteroatoms. The SMILES string of the molecule is O=S(=O)(O)C(Br)=CBr. The van der Waals surface area contributed by atoms with Crippen LogP contribution in [0, 0.1) is 0 Å². The highest BCUT2D eigenvalue weighted by Gasteiger charge is 2.06. The third kappa shape index (κ3) is 2.81. The first-order chi connectivity index (χ1) is 3.48. The van der Waals surface area contributed by atoms with Gasteiger partial charge in [0.1, 0.15) is 3.81 Å². The summed E-state index contributed by atoms with van der Waals surface area (Å²) >= 11 is 5.28. The first-order valence-corrected chi connectivity index (χ1v) is 4.56. The third-order valence-corrected chi connectivity index (χ3v) is 3.77. The summed E-state index contributed by atoms with van der Waals surface area (Å²) in [7, 11) is -4.02. The van der Waals surface area contributed by atoms with Crippen molar-refractivity contribution >= 4 is 42.0 Å². The monoisotopic (exact) mass is 264 g/mol. The van der Waals surface area contributed by atoms with Crippen molar-refractivity contribution in [3.8, 4) is 0 Å². The van der Waals surface area contributed by atoms with Crippen LogP contribution in [0.1, 0.15) is 0 Å². The number of halogens is 2. The van der Waals surface area contributed by atoms with Gasteiger partial charge in [0.05, 0.1) is 0 Å². The molecular weight excluding hydrogens is 264 g/mol. The van der Waals surface area contributed by atoms with Crippen LogP contribution in [0.15, 0.2) is 8.80 Å². The van der Waals surface area contributed by atoms with E-state index in [0.717, 1.165) is 4.99 Å². The molecule has 8 heavy (non-hydrogen) atoms. The molecule has 0 aromatic heterocycles. The van der Waals surface area contributed by atoms with Crippen molar-refractivity contribution in [1.82, 2.24) is 0 Å². The normalized spacial score (nSPS) is 14.1. The summed E-state index contributed by atoms with van der Waals surface area (Å²) in [4.78, 5) is 1.06. The van der Waals surface area contributed by atoms with Gasteiger partial charge in [0.15, 0.2) is 0 Å². The van der Waals surface area contributed by atoms with Crippen molar-refractivity contribution in [2.24, 2.45) is 0 Å². The molecule has 0 aromatic carbocycles. The second kappa shape index (κ2) is 2.95. The Morgan fingerprint density at radius 1 is 1.62 bits per heavy atom. The van der Waals surface area contributed by atoms with Crippen molar-refractivity contribution in [2.75, 3.05) is 0 Å². The molecule has 0 aliphatic rings. The second-order valence-corrected chi connectivity index (χ2v) is 4.12. The summed E-state index contributed by atoms with van der Waals surface area (Å²) in [5, 5.41) is 0. The molecule has 0 radical (unpaired) electrons. The average Bonchev–Trinajstić information content (AvgIpc) is 1.62. The average molecular weight is 266 g/mol. The summed E-state index contributed by atoms with van der Waals surface area (Å²) in [5.41, 5.74) is 0. The fraction of sp³-hybridized carbons (Fsp3) is 0. The van der Waals surface area contributed by atoms with Crippen LogP contribution in [0.25, 0.3) is 0 Å². The van der Waals surface area contributed by atoms with E-state index in [2.05, 4.69) is 31.9 Å². The van der Waals surface area contributed by atoms with Crippen molar-refractivity contribution in [3.63, 3.8) is 0 Å². The molecule has 0 bridgehead atoms. The van der Waals surface area contributed by atoms with E-state index in [0.29, 0.717) is 0 Å². The Morgan fingerprint density at radius 3 is 2.00 bits per heavy atom. The van der Waals surface area contributed by atoms with E-state index >= 15 is 0 Å². The molecule has 0 aliphatic carbocycles. The second-order valence-electron chi connectivity index (χ2n) is 0.888. The summed E-state index contributed by atoms with van der Waals surface area (Å²) in [5.74, 6) is 0. The maximum absolute atomic E-state index is 9.97. The maximum Gasteiger partial charge on any atom is 0.301 e. The molecular formula is C2H2Br2O3S. The lowest BCUT2D eigenvalue weighted by atomic mass is 11.3. The Labute approximate surface area is 63.8 Å².